The first-order valence-electron chi connectivity index (χ1n) is 14.3. The third-order valence-electron chi connectivity index (χ3n) is 9.21. The fourth-order valence-electron chi connectivity index (χ4n) is 7.21. The predicted octanol–water partition coefficient (Wildman–Crippen LogP) is 11.1. The molecule has 1 aliphatic carbocycles. The predicted molar refractivity (Wildman–Crippen MR) is 177 cm³/mol. The van der Waals surface area contributed by atoms with Gasteiger partial charge in [-0.1, -0.05) is 105 Å². The van der Waals surface area contributed by atoms with E-state index in [9.17, 15) is 0 Å². The number of rotatable bonds is 2. The van der Waals surface area contributed by atoms with Crippen LogP contribution in [0.25, 0.3) is 69.9 Å². The van der Waals surface area contributed by atoms with E-state index in [0.717, 1.165) is 0 Å². The minimum Gasteiger partial charge on any atom is -0.309 e. The SMILES string of the molecule is CC1(C)c2cc(-c3cccc4c3sc3ccccc34)ccc2-c2ccc(-n3c4ccccc4c4ccccc43)cc21. The number of nitrogens with zero attached hydrogens (tertiary/aromatic N) is 1. The van der Waals surface area contributed by atoms with E-state index in [4.69, 9.17) is 0 Å². The van der Waals surface area contributed by atoms with E-state index in [2.05, 4.69) is 146 Å². The van der Waals surface area contributed by atoms with Crippen LogP contribution in [-0.2, 0) is 5.41 Å². The van der Waals surface area contributed by atoms with Crippen LogP contribution in [0, 0.1) is 0 Å². The van der Waals surface area contributed by atoms with Crippen molar-refractivity contribution in [3.8, 4) is 27.9 Å². The van der Waals surface area contributed by atoms with E-state index in [-0.39, 0.29) is 5.41 Å². The van der Waals surface area contributed by atoms with E-state index < -0.39 is 0 Å². The molecule has 0 fully saturated rings. The zero-order chi connectivity index (χ0) is 27.3. The van der Waals surface area contributed by atoms with E-state index >= 15 is 0 Å². The average Bonchev–Trinajstić information content (AvgIpc) is 3.63. The van der Waals surface area contributed by atoms with Crippen LogP contribution in [0.1, 0.15) is 25.0 Å². The smallest absolute Gasteiger partial charge is 0.0541 e. The highest BCUT2D eigenvalue weighted by molar-refractivity contribution is 7.26. The summed E-state index contributed by atoms with van der Waals surface area (Å²) in [4.78, 5) is 0. The third kappa shape index (κ3) is 3.11. The molecule has 2 aromatic heterocycles. The number of hydrogen-bond donors (Lipinski definition) is 0. The largest absolute Gasteiger partial charge is 0.309 e. The minimum atomic E-state index is -0.108. The molecule has 41 heavy (non-hydrogen) atoms. The fraction of sp³-hybridized carbons (Fsp3) is 0.0769. The number of fused-ring (bicyclic) bond motifs is 9. The standard InChI is InChI=1S/C39H27NS/c1-39(2)33-22-24(26-13-9-14-32-31-12-5-8-17-37(31)41-38(26)32)18-20-27(33)28-21-19-25(23-34(28)39)40-35-15-6-3-10-29(35)30-11-4-7-16-36(30)40/h3-23H,1-2H3. The molecule has 0 amide bonds. The highest BCUT2D eigenvalue weighted by Crippen LogP contribution is 2.51. The Kier molecular flexibility index (Phi) is 4.61. The molecule has 0 atom stereocenters. The first-order valence-corrected chi connectivity index (χ1v) is 15.1. The molecule has 9 rings (SSSR count). The van der Waals surface area contributed by atoms with Gasteiger partial charge in [-0.3, -0.25) is 0 Å². The van der Waals surface area contributed by atoms with Gasteiger partial charge in [0.2, 0.25) is 0 Å². The molecule has 0 spiro atoms. The van der Waals surface area contributed by atoms with Gasteiger partial charge in [-0.2, -0.15) is 0 Å². The summed E-state index contributed by atoms with van der Waals surface area (Å²) in [6.07, 6.45) is 0. The topological polar surface area (TPSA) is 4.93 Å². The highest BCUT2D eigenvalue weighted by atomic mass is 32.1. The first-order chi connectivity index (χ1) is 20.1. The summed E-state index contributed by atoms with van der Waals surface area (Å²) in [7, 11) is 0. The second-order valence-corrected chi connectivity index (χ2v) is 12.8. The van der Waals surface area contributed by atoms with Crippen LogP contribution < -0.4 is 0 Å². The van der Waals surface area contributed by atoms with E-state index in [0.29, 0.717) is 0 Å². The van der Waals surface area contributed by atoms with Crippen molar-refractivity contribution >= 4 is 53.3 Å². The Bertz CT molecular complexity index is 2290. The molecule has 2 heteroatoms. The van der Waals surface area contributed by atoms with Crippen LogP contribution >= 0.6 is 11.3 Å². The first kappa shape index (κ1) is 23.1. The van der Waals surface area contributed by atoms with Crippen molar-refractivity contribution in [2.45, 2.75) is 19.3 Å². The van der Waals surface area contributed by atoms with E-state index in [1.165, 1.54) is 81.0 Å². The van der Waals surface area contributed by atoms with Gasteiger partial charge >= 0.3 is 0 Å². The molecule has 0 unspecified atom stereocenters. The molecule has 0 aliphatic heterocycles. The van der Waals surface area contributed by atoms with Gasteiger partial charge in [-0.15, -0.1) is 11.3 Å². The molecule has 0 bridgehead atoms. The molecule has 0 N–H and O–H groups in total. The van der Waals surface area contributed by atoms with Gasteiger partial charge in [-0.05, 0) is 69.8 Å². The summed E-state index contributed by atoms with van der Waals surface area (Å²) in [6.45, 7) is 4.77. The molecule has 0 radical (unpaired) electrons. The third-order valence-corrected chi connectivity index (χ3v) is 10.4. The number of aromatic nitrogens is 1. The van der Waals surface area contributed by atoms with Gasteiger partial charge in [0.1, 0.15) is 0 Å². The summed E-state index contributed by atoms with van der Waals surface area (Å²) in [5.74, 6) is 0. The van der Waals surface area contributed by atoms with Crippen molar-refractivity contribution in [3.05, 3.63) is 139 Å². The van der Waals surface area contributed by atoms with Crippen molar-refractivity contribution in [1.29, 1.82) is 0 Å². The maximum Gasteiger partial charge on any atom is 0.0541 e. The quantitative estimate of drug-likeness (QED) is 0.205. The van der Waals surface area contributed by atoms with Gasteiger partial charge in [0.05, 0.1) is 11.0 Å². The number of para-hydroxylation sites is 2. The van der Waals surface area contributed by atoms with Crippen LogP contribution in [-0.4, -0.2) is 4.57 Å². The molecular formula is C39H27NS. The second kappa shape index (κ2) is 8.19. The normalized spacial score (nSPS) is 13.8. The van der Waals surface area contributed by atoms with Crippen LogP contribution in [0.5, 0.6) is 0 Å². The van der Waals surface area contributed by atoms with Crippen LogP contribution in [0.2, 0.25) is 0 Å². The van der Waals surface area contributed by atoms with Gasteiger partial charge < -0.3 is 4.57 Å². The zero-order valence-corrected chi connectivity index (χ0v) is 23.8. The van der Waals surface area contributed by atoms with Gasteiger partial charge in [0, 0.05) is 42.0 Å². The number of thiophene rings is 1. The molecule has 2 heterocycles. The monoisotopic (exact) mass is 541 g/mol. The Hall–Kier alpha value is -4.66. The Morgan fingerprint density at radius 1 is 0.512 bits per heavy atom. The summed E-state index contributed by atoms with van der Waals surface area (Å²) in [5.41, 5.74) is 11.7. The van der Waals surface area contributed by atoms with Gasteiger partial charge in [0.15, 0.2) is 0 Å². The molecule has 194 valence electrons. The minimum absolute atomic E-state index is 0.108. The number of hydrogen-bond acceptors (Lipinski definition) is 1. The second-order valence-electron chi connectivity index (χ2n) is 11.8. The maximum atomic E-state index is 2.45. The molecule has 1 nitrogen and oxygen atoms in total. The lowest BCUT2D eigenvalue weighted by Crippen LogP contribution is -2.15. The molecular weight excluding hydrogens is 515 g/mol. The van der Waals surface area contributed by atoms with Crippen molar-refractivity contribution in [2.75, 3.05) is 0 Å². The summed E-state index contributed by atoms with van der Waals surface area (Å²) >= 11 is 1.90. The van der Waals surface area contributed by atoms with Crippen LogP contribution in [0.4, 0.5) is 0 Å². The lowest BCUT2D eigenvalue weighted by atomic mass is 9.81. The Balaban J connectivity index is 1.22. The molecule has 0 saturated carbocycles. The zero-order valence-electron chi connectivity index (χ0n) is 23.0. The van der Waals surface area contributed by atoms with E-state index in [1.54, 1.807) is 0 Å². The average molecular weight is 542 g/mol. The van der Waals surface area contributed by atoms with Gasteiger partial charge in [0.25, 0.3) is 0 Å². The van der Waals surface area contributed by atoms with E-state index in [1.807, 2.05) is 11.3 Å². The number of benzene rings is 6. The van der Waals surface area contributed by atoms with Gasteiger partial charge in [-0.25, -0.2) is 0 Å². The van der Waals surface area contributed by atoms with Crippen LogP contribution in [0.3, 0.4) is 0 Å². The lowest BCUT2D eigenvalue weighted by molar-refractivity contribution is 0.660. The lowest BCUT2D eigenvalue weighted by Gasteiger charge is -2.23. The molecule has 6 aromatic carbocycles. The van der Waals surface area contributed by atoms with Crippen molar-refractivity contribution in [1.82, 2.24) is 4.57 Å². The van der Waals surface area contributed by atoms with Crippen molar-refractivity contribution in [3.63, 3.8) is 0 Å². The van der Waals surface area contributed by atoms with Crippen molar-refractivity contribution in [2.24, 2.45) is 0 Å². The summed E-state index contributed by atoms with van der Waals surface area (Å²) in [6, 6.07) is 47.2. The Labute approximate surface area is 242 Å². The Morgan fingerprint density at radius 2 is 1.12 bits per heavy atom. The van der Waals surface area contributed by atoms with Crippen molar-refractivity contribution < 1.29 is 0 Å². The molecule has 1 aliphatic rings. The summed E-state index contributed by atoms with van der Waals surface area (Å²) < 4.78 is 5.15. The molecule has 0 saturated heterocycles. The summed E-state index contributed by atoms with van der Waals surface area (Å²) in [5, 5.41) is 5.29. The molecule has 8 aromatic rings. The maximum absolute atomic E-state index is 2.45. The Morgan fingerprint density at radius 3 is 1.88 bits per heavy atom. The fourth-order valence-corrected chi connectivity index (χ4v) is 8.45. The van der Waals surface area contributed by atoms with Crippen LogP contribution in [0.15, 0.2) is 127 Å². The highest BCUT2D eigenvalue weighted by Gasteiger charge is 2.36.